The third kappa shape index (κ3) is 2.92. The first-order valence-electron chi connectivity index (χ1n) is 9.55. The fourth-order valence-electron chi connectivity index (χ4n) is 4.39. The van der Waals surface area contributed by atoms with Gasteiger partial charge in [-0.15, -0.1) is 0 Å². The third-order valence-electron chi connectivity index (χ3n) is 5.86. The van der Waals surface area contributed by atoms with Crippen molar-refractivity contribution in [2.24, 2.45) is 0 Å². The predicted octanol–water partition coefficient (Wildman–Crippen LogP) is 5.43. The maximum atomic E-state index is 13.8. The summed E-state index contributed by atoms with van der Waals surface area (Å²) in [7, 11) is 1.26. The summed E-state index contributed by atoms with van der Waals surface area (Å²) in [6.07, 6.45) is -0.774. The molecule has 0 N–H and O–H groups in total. The lowest BCUT2D eigenvalue weighted by atomic mass is 9.66. The quantitative estimate of drug-likeness (QED) is 0.445. The monoisotopic (exact) mass is 386 g/mol. The van der Waals surface area contributed by atoms with Gasteiger partial charge in [0.15, 0.2) is 5.78 Å². The van der Waals surface area contributed by atoms with Gasteiger partial charge >= 0.3 is 6.16 Å². The molecule has 4 nitrogen and oxygen atoms in total. The van der Waals surface area contributed by atoms with Gasteiger partial charge in [0, 0.05) is 11.5 Å². The van der Waals surface area contributed by atoms with Crippen molar-refractivity contribution in [1.82, 2.24) is 0 Å². The van der Waals surface area contributed by atoms with Gasteiger partial charge in [0.1, 0.15) is 5.75 Å². The second-order valence-corrected chi connectivity index (χ2v) is 7.39. The summed E-state index contributed by atoms with van der Waals surface area (Å²) >= 11 is 0. The molecule has 1 aliphatic carbocycles. The molecule has 0 aromatic heterocycles. The molecule has 3 aromatic carbocycles. The van der Waals surface area contributed by atoms with Gasteiger partial charge in [-0.05, 0) is 35.7 Å². The van der Waals surface area contributed by atoms with Gasteiger partial charge in [0.2, 0.25) is 0 Å². The van der Waals surface area contributed by atoms with Crippen LogP contribution in [-0.2, 0) is 10.2 Å². The molecule has 0 heterocycles. The van der Waals surface area contributed by atoms with Gasteiger partial charge in [0.05, 0.1) is 12.5 Å². The van der Waals surface area contributed by atoms with Crippen LogP contribution in [0.1, 0.15) is 45.5 Å². The molecule has 3 aromatic rings. The molecule has 146 valence electrons. The van der Waals surface area contributed by atoms with E-state index in [1.807, 2.05) is 67.6 Å². The molecular formula is C25H22O4. The molecule has 4 heteroatoms. The molecule has 0 bridgehead atoms. The Morgan fingerprint density at radius 2 is 1.48 bits per heavy atom. The molecule has 0 saturated heterocycles. The topological polar surface area (TPSA) is 52.6 Å². The van der Waals surface area contributed by atoms with Crippen molar-refractivity contribution < 1.29 is 19.1 Å². The van der Waals surface area contributed by atoms with E-state index in [-0.39, 0.29) is 11.7 Å². The van der Waals surface area contributed by atoms with Crippen LogP contribution in [0, 0.1) is 6.92 Å². The van der Waals surface area contributed by atoms with Crippen LogP contribution in [0.2, 0.25) is 0 Å². The summed E-state index contributed by atoms with van der Waals surface area (Å²) in [6, 6.07) is 23.1. The minimum atomic E-state index is -0.832. The Labute approximate surface area is 170 Å². The van der Waals surface area contributed by atoms with Crippen molar-refractivity contribution in [3.8, 4) is 5.75 Å². The first kappa shape index (κ1) is 18.9. The Hall–Kier alpha value is -3.40. The minimum absolute atomic E-state index is 0.0405. The second-order valence-electron chi connectivity index (χ2n) is 7.39. The molecule has 0 amide bonds. The lowest BCUT2D eigenvalue weighted by Gasteiger charge is -2.34. The Morgan fingerprint density at radius 1 is 0.897 bits per heavy atom. The van der Waals surface area contributed by atoms with Gasteiger partial charge in [-0.2, -0.15) is 0 Å². The lowest BCUT2D eigenvalue weighted by Crippen LogP contribution is -2.37. The first-order chi connectivity index (χ1) is 14.0. The van der Waals surface area contributed by atoms with Crippen LogP contribution in [0.4, 0.5) is 4.79 Å². The molecule has 1 aliphatic rings. The van der Waals surface area contributed by atoms with E-state index >= 15 is 0 Å². The predicted molar refractivity (Wildman–Crippen MR) is 111 cm³/mol. The SMILES string of the molecule is COC(=O)Oc1ccc(C2(c3ccc(C)cc3)C(=O)c3ccccc3C2C)cc1. The number of rotatable bonds is 3. The number of hydrogen-bond acceptors (Lipinski definition) is 4. The summed E-state index contributed by atoms with van der Waals surface area (Å²) < 4.78 is 9.65. The molecule has 0 aliphatic heterocycles. The molecule has 0 saturated carbocycles. The van der Waals surface area contributed by atoms with Crippen LogP contribution < -0.4 is 4.74 Å². The summed E-state index contributed by atoms with van der Waals surface area (Å²) in [5.74, 6) is 0.419. The fourth-order valence-corrected chi connectivity index (χ4v) is 4.39. The van der Waals surface area contributed by atoms with E-state index in [1.54, 1.807) is 12.1 Å². The van der Waals surface area contributed by atoms with Gasteiger partial charge in [-0.3, -0.25) is 4.79 Å². The highest BCUT2D eigenvalue weighted by molar-refractivity contribution is 6.11. The number of carbonyl (C=O) groups is 2. The molecule has 29 heavy (non-hydrogen) atoms. The number of ether oxygens (including phenoxy) is 2. The largest absolute Gasteiger partial charge is 0.513 e. The van der Waals surface area contributed by atoms with Crippen molar-refractivity contribution in [2.75, 3.05) is 7.11 Å². The maximum absolute atomic E-state index is 13.8. The Bertz CT molecular complexity index is 1070. The minimum Gasteiger partial charge on any atom is -0.437 e. The molecule has 4 rings (SSSR count). The van der Waals surface area contributed by atoms with Gasteiger partial charge in [0.25, 0.3) is 0 Å². The number of hydrogen-bond donors (Lipinski definition) is 0. The number of carbonyl (C=O) groups excluding carboxylic acids is 2. The van der Waals surface area contributed by atoms with E-state index in [0.717, 1.165) is 27.8 Å². The van der Waals surface area contributed by atoms with E-state index in [9.17, 15) is 9.59 Å². The highest BCUT2D eigenvalue weighted by atomic mass is 16.7. The maximum Gasteiger partial charge on any atom is 0.513 e. The molecule has 0 radical (unpaired) electrons. The lowest BCUT2D eigenvalue weighted by molar-refractivity contribution is 0.0917. The highest BCUT2D eigenvalue weighted by Gasteiger charge is 2.53. The summed E-state index contributed by atoms with van der Waals surface area (Å²) in [5.41, 5.74) is 3.94. The number of aryl methyl sites for hydroxylation is 1. The van der Waals surface area contributed by atoms with E-state index in [4.69, 9.17) is 4.74 Å². The average Bonchev–Trinajstić information content (AvgIpc) is 2.97. The number of fused-ring (bicyclic) bond motifs is 1. The summed E-state index contributed by atoms with van der Waals surface area (Å²) in [6.45, 7) is 4.13. The van der Waals surface area contributed by atoms with Crippen LogP contribution >= 0.6 is 0 Å². The van der Waals surface area contributed by atoms with Crippen molar-refractivity contribution in [2.45, 2.75) is 25.2 Å². The number of benzene rings is 3. The van der Waals surface area contributed by atoms with E-state index in [0.29, 0.717) is 5.75 Å². The highest BCUT2D eigenvalue weighted by Crippen LogP contribution is 2.53. The third-order valence-corrected chi connectivity index (χ3v) is 5.86. The van der Waals surface area contributed by atoms with E-state index in [1.165, 1.54) is 7.11 Å². The smallest absolute Gasteiger partial charge is 0.437 e. The Morgan fingerprint density at radius 3 is 2.07 bits per heavy atom. The molecule has 2 atom stereocenters. The molecular weight excluding hydrogens is 364 g/mol. The van der Waals surface area contributed by atoms with Crippen LogP contribution in [0.15, 0.2) is 72.8 Å². The zero-order valence-corrected chi connectivity index (χ0v) is 16.6. The first-order valence-corrected chi connectivity index (χ1v) is 9.55. The van der Waals surface area contributed by atoms with Crippen LogP contribution in [0.5, 0.6) is 5.75 Å². The Balaban J connectivity index is 1.88. The molecule has 2 unspecified atom stereocenters. The van der Waals surface area contributed by atoms with Crippen molar-refractivity contribution in [3.05, 3.63) is 101 Å². The number of methoxy groups -OCH3 is 1. The van der Waals surface area contributed by atoms with Gasteiger partial charge in [-0.25, -0.2) is 4.79 Å². The van der Waals surface area contributed by atoms with Crippen LogP contribution in [0.25, 0.3) is 0 Å². The number of Topliss-reactive ketones (excluding diaryl/α,β-unsaturated/α-hetero) is 1. The van der Waals surface area contributed by atoms with E-state index in [2.05, 4.69) is 11.7 Å². The van der Waals surface area contributed by atoms with Gasteiger partial charge in [-0.1, -0.05) is 73.2 Å². The summed E-state index contributed by atoms with van der Waals surface area (Å²) in [4.78, 5) is 25.2. The normalized spacial score (nSPS) is 20.2. The van der Waals surface area contributed by atoms with Crippen molar-refractivity contribution in [1.29, 1.82) is 0 Å². The van der Waals surface area contributed by atoms with Crippen LogP contribution in [0.3, 0.4) is 0 Å². The van der Waals surface area contributed by atoms with Crippen molar-refractivity contribution >= 4 is 11.9 Å². The fraction of sp³-hybridized carbons (Fsp3) is 0.200. The number of ketones is 1. The second kappa shape index (κ2) is 7.21. The summed E-state index contributed by atoms with van der Waals surface area (Å²) in [5, 5.41) is 0. The zero-order chi connectivity index (χ0) is 20.6. The zero-order valence-electron chi connectivity index (χ0n) is 16.6. The van der Waals surface area contributed by atoms with E-state index < -0.39 is 11.6 Å². The average molecular weight is 386 g/mol. The standard InChI is InChI=1S/C25H22O4/c1-16-8-10-18(11-9-16)25(17(2)21-6-4-5-7-22(21)23(25)26)19-12-14-20(15-13-19)29-24(27)28-3/h4-15,17H,1-3H3. The van der Waals surface area contributed by atoms with Crippen molar-refractivity contribution in [3.63, 3.8) is 0 Å². The van der Waals surface area contributed by atoms with Crippen LogP contribution in [-0.4, -0.2) is 19.0 Å². The Kier molecular flexibility index (Phi) is 4.71. The molecule has 0 fully saturated rings. The van der Waals surface area contributed by atoms with Gasteiger partial charge < -0.3 is 9.47 Å². The molecule has 0 spiro atoms.